The minimum Gasteiger partial charge on any atom is -0.345 e. The van der Waals surface area contributed by atoms with Gasteiger partial charge in [0.15, 0.2) is 0 Å². The lowest BCUT2D eigenvalue weighted by molar-refractivity contribution is -0.385. The minimum atomic E-state index is -0.488. The first-order chi connectivity index (χ1) is 13.1. The normalized spacial score (nSPS) is 13.6. The molecular formula is C18H15N5O3S. The van der Waals surface area contributed by atoms with Gasteiger partial charge in [0.05, 0.1) is 11.5 Å². The molecule has 3 heterocycles. The Bertz CT molecular complexity index is 1060. The number of pyridine rings is 1. The summed E-state index contributed by atoms with van der Waals surface area (Å²) in [5.41, 5.74) is 1.24. The van der Waals surface area contributed by atoms with Gasteiger partial charge < -0.3 is 4.90 Å². The second-order valence-electron chi connectivity index (χ2n) is 5.99. The van der Waals surface area contributed by atoms with Crippen molar-refractivity contribution >= 4 is 28.9 Å². The van der Waals surface area contributed by atoms with Crippen LogP contribution in [0.2, 0.25) is 0 Å². The van der Waals surface area contributed by atoms with Crippen LogP contribution in [0.25, 0.3) is 0 Å². The quantitative estimate of drug-likeness (QED) is 0.511. The van der Waals surface area contributed by atoms with Gasteiger partial charge in [-0.2, -0.15) is 4.99 Å². The molecule has 0 radical (unpaired) electrons. The number of hydrogen-bond donors (Lipinski definition) is 0. The van der Waals surface area contributed by atoms with E-state index in [0.29, 0.717) is 31.0 Å². The van der Waals surface area contributed by atoms with Crippen LogP contribution in [-0.4, -0.2) is 26.3 Å². The second kappa shape index (κ2) is 7.12. The monoisotopic (exact) mass is 381 g/mol. The zero-order valence-electron chi connectivity index (χ0n) is 14.2. The zero-order valence-corrected chi connectivity index (χ0v) is 15.0. The summed E-state index contributed by atoms with van der Waals surface area (Å²) < 4.78 is 1.95. The van der Waals surface area contributed by atoms with E-state index in [2.05, 4.69) is 9.98 Å². The predicted molar refractivity (Wildman–Crippen MR) is 101 cm³/mol. The number of fused-ring (bicyclic) bond motifs is 1. The molecule has 0 bridgehead atoms. The molecule has 0 atom stereocenters. The van der Waals surface area contributed by atoms with Crippen LogP contribution in [0.15, 0.2) is 59.9 Å². The highest BCUT2D eigenvalue weighted by Gasteiger charge is 2.33. The molecule has 2 aromatic heterocycles. The highest BCUT2D eigenvalue weighted by atomic mass is 32.1. The lowest BCUT2D eigenvalue weighted by Crippen LogP contribution is -2.22. The van der Waals surface area contributed by atoms with Gasteiger partial charge >= 0.3 is 5.69 Å². The summed E-state index contributed by atoms with van der Waals surface area (Å²) >= 11 is 1.14. The van der Waals surface area contributed by atoms with Crippen molar-refractivity contribution in [2.45, 2.75) is 13.1 Å². The molecule has 27 heavy (non-hydrogen) atoms. The first-order valence-corrected chi connectivity index (χ1v) is 9.07. The smallest absolute Gasteiger partial charge is 0.345 e. The summed E-state index contributed by atoms with van der Waals surface area (Å²) in [6.45, 7) is 1.79. The molecule has 0 unspecified atom stereocenters. The Hall–Kier alpha value is -3.33. The van der Waals surface area contributed by atoms with E-state index in [0.717, 1.165) is 17.1 Å². The van der Waals surface area contributed by atoms with Crippen molar-refractivity contribution in [3.05, 3.63) is 80.8 Å². The molecule has 1 aromatic carbocycles. The van der Waals surface area contributed by atoms with Gasteiger partial charge in [-0.3, -0.25) is 23.8 Å². The Labute approximate surface area is 158 Å². The summed E-state index contributed by atoms with van der Waals surface area (Å²) in [4.78, 5) is 33.7. The Morgan fingerprint density at radius 1 is 1.22 bits per heavy atom. The molecule has 8 nitrogen and oxygen atoms in total. The van der Waals surface area contributed by atoms with Crippen molar-refractivity contribution in [2.24, 2.45) is 4.99 Å². The van der Waals surface area contributed by atoms with Gasteiger partial charge in [0.2, 0.25) is 10.5 Å². The van der Waals surface area contributed by atoms with Gasteiger partial charge in [-0.15, -0.1) is 0 Å². The van der Waals surface area contributed by atoms with Crippen LogP contribution in [0, 0.1) is 10.1 Å². The first kappa shape index (κ1) is 17.1. The molecule has 136 valence electrons. The first-order valence-electron chi connectivity index (χ1n) is 8.30. The number of carbonyl (C=O) groups is 1. The van der Waals surface area contributed by atoms with Crippen molar-refractivity contribution in [1.82, 2.24) is 8.94 Å². The Morgan fingerprint density at radius 2 is 2.04 bits per heavy atom. The Morgan fingerprint density at radius 3 is 2.74 bits per heavy atom. The van der Waals surface area contributed by atoms with Gasteiger partial charge in [0, 0.05) is 31.0 Å². The van der Waals surface area contributed by atoms with E-state index >= 15 is 0 Å². The third-order valence-electron chi connectivity index (χ3n) is 4.22. The van der Waals surface area contributed by atoms with Gasteiger partial charge in [0.1, 0.15) is 0 Å². The van der Waals surface area contributed by atoms with E-state index in [4.69, 9.17) is 0 Å². The van der Waals surface area contributed by atoms with Gasteiger partial charge in [-0.1, -0.05) is 24.3 Å². The molecule has 0 aliphatic carbocycles. The SMILES string of the molecule is O=C(N=c1sn2c(c1[N+](=O)[O-])N(Cc1cccnc1)CC2)c1ccccc1. The number of carbonyl (C=O) groups excluding carboxylic acids is 1. The molecule has 0 saturated heterocycles. The second-order valence-corrected chi connectivity index (χ2v) is 7.00. The van der Waals surface area contributed by atoms with Crippen LogP contribution >= 0.6 is 11.5 Å². The molecule has 0 fully saturated rings. The van der Waals surface area contributed by atoms with Crippen LogP contribution in [0.4, 0.5) is 11.5 Å². The van der Waals surface area contributed by atoms with E-state index in [1.165, 1.54) is 0 Å². The molecule has 1 aliphatic rings. The van der Waals surface area contributed by atoms with Gasteiger partial charge in [0.25, 0.3) is 5.91 Å². The average Bonchev–Trinajstić information content (AvgIpc) is 3.22. The van der Waals surface area contributed by atoms with Crippen LogP contribution in [0.1, 0.15) is 15.9 Å². The lowest BCUT2D eigenvalue weighted by atomic mass is 10.2. The van der Waals surface area contributed by atoms with Crippen LogP contribution in [-0.2, 0) is 13.1 Å². The molecule has 1 amide bonds. The maximum Gasteiger partial charge on any atom is 0.347 e. The van der Waals surface area contributed by atoms with E-state index in [1.807, 2.05) is 21.0 Å². The highest BCUT2D eigenvalue weighted by Crippen LogP contribution is 2.33. The molecule has 0 N–H and O–H groups in total. The predicted octanol–water partition coefficient (Wildman–Crippen LogP) is 2.61. The van der Waals surface area contributed by atoms with Crippen molar-refractivity contribution in [1.29, 1.82) is 0 Å². The van der Waals surface area contributed by atoms with Crippen molar-refractivity contribution in [2.75, 3.05) is 11.4 Å². The molecule has 0 saturated carbocycles. The number of benzene rings is 1. The van der Waals surface area contributed by atoms with Gasteiger partial charge in [-0.25, -0.2) is 0 Å². The summed E-state index contributed by atoms with van der Waals surface area (Å²) in [5.74, 6) is 0.00602. The van der Waals surface area contributed by atoms with Crippen LogP contribution in [0.5, 0.6) is 0 Å². The maximum absolute atomic E-state index is 12.4. The molecule has 4 rings (SSSR count). The number of aromatic nitrogens is 2. The zero-order chi connectivity index (χ0) is 18.8. The van der Waals surface area contributed by atoms with E-state index in [9.17, 15) is 14.9 Å². The van der Waals surface area contributed by atoms with Crippen LogP contribution in [0.3, 0.4) is 0 Å². The van der Waals surface area contributed by atoms with E-state index in [-0.39, 0.29) is 10.4 Å². The number of amides is 1. The highest BCUT2D eigenvalue weighted by molar-refractivity contribution is 7.04. The number of nitro groups is 1. The number of anilines is 1. The maximum atomic E-state index is 12.4. The number of nitrogens with zero attached hydrogens (tertiary/aromatic N) is 5. The number of hydrogen-bond acceptors (Lipinski definition) is 6. The topological polar surface area (TPSA) is 93.6 Å². The molecule has 0 spiro atoms. The summed E-state index contributed by atoms with van der Waals surface area (Å²) in [7, 11) is 0. The van der Waals surface area contributed by atoms with E-state index in [1.54, 1.807) is 42.7 Å². The summed E-state index contributed by atoms with van der Waals surface area (Å²) in [5, 5.41) is 11.7. The molecular weight excluding hydrogens is 366 g/mol. The fourth-order valence-electron chi connectivity index (χ4n) is 3.02. The van der Waals surface area contributed by atoms with Gasteiger partial charge in [-0.05, 0) is 35.3 Å². The third kappa shape index (κ3) is 3.36. The van der Waals surface area contributed by atoms with Crippen molar-refractivity contribution in [3.8, 4) is 0 Å². The fraction of sp³-hybridized carbons (Fsp3) is 0.167. The standard InChI is InChI=1S/C18H15N5O3S/c24-16(14-6-2-1-3-7-14)20-17-15(23(25)26)18-21(9-10-22(18)27-17)12-13-5-4-8-19-11-13/h1-8,11H,9-10,12H2. The summed E-state index contributed by atoms with van der Waals surface area (Å²) in [6.07, 6.45) is 3.43. The van der Waals surface area contributed by atoms with E-state index < -0.39 is 10.8 Å². The minimum absolute atomic E-state index is 0.120. The third-order valence-corrected chi connectivity index (χ3v) is 5.26. The van der Waals surface area contributed by atoms with Crippen LogP contribution < -0.4 is 9.57 Å². The summed E-state index contributed by atoms with van der Waals surface area (Å²) in [6, 6.07) is 12.3. The Kier molecular flexibility index (Phi) is 4.51. The van der Waals surface area contributed by atoms with Crippen molar-refractivity contribution < 1.29 is 9.72 Å². The van der Waals surface area contributed by atoms with Crippen molar-refractivity contribution in [3.63, 3.8) is 0 Å². The fourth-order valence-corrected chi connectivity index (χ4v) is 4.06. The largest absolute Gasteiger partial charge is 0.347 e. The average molecular weight is 381 g/mol. The molecule has 9 heteroatoms. The lowest BCUT2D eigenvalue weighted by Gasteiger charge is -2.16. The Balaban J connectivity index is 1.74. The molecule has 1 aliphatic heterocycles. The number of rotatable bonds is 4. The molecule has 3 aromatic rings.